The van der Waals surface area contributed by atoms with E-state index >= 15 is 0 Å². The number of aromatic amines is 1. The molecule has 0 bridgehead atoms. The van der Waals surface area contributed by atoms with Crippen LogP contribution in [0.4, 0.5) is 0 Å². The minimum absolute atomic E-state index is 0.159. The van der Waals surface area contributed by atoms with E-state index in [1.54, 1.807) is 13.0 Å². The number of nitrogens with zero attached hydrogens (tertiary/aromatic N) is 1. The molecule has 0 aliphatic heterocycles. The first-order valence-corrected chi connectivity index (χ1v) is 5.88. The number of carbonyl (C=O) groups excluding carboxylic acids is 1. The van der Waals surface area contributed by atoms with Crippen LogP contribution in [0.2, 0.25) is 0 Å². The summed E-state index contributed by atoms with van der Waals surface area (Å²) in [5.41, 5.74) is 2.20. The number of hydrogen-bond donors (Lipinski definition) is 2. The second kappa shape index (κ2) is 5.09. The molecule has 0 saturated carbocycles. The Balaban J connectivity index is 2.11. The van der Waals surface area contributed by atoms with Gasteiger partial charge in [-0.2, -0.15) is 0 Å². The zero-order valence-electron chi connectivity index (χ0n) is 11.0. The number of amides is 1. The lowest BCUT2D eigenvalue weighted by molar-refractivity contribution is 0.0941. The van der Waals surface area contributed by atoms with E-state index in [4.69, 9.17) is 4.52 Å². The molecule has 100 valence electrons. The van der Waals surface area contributed by atoms with E-state index in [0.717, 1.165) is 11.3 Å². The van der Waals surface area contributed by atoms with Crippen LogP contribution in [0, 0.1) is 20.8 Å². The third-order valence-electron chi connectivity index (χ3n) is 2.78. The molecule has 2 aromatic rings. The zero-order valence-corrected chi connectivity index (χ0v) is 11.0. The summed E-state index contributed by atoms with van der Waals surface area (Å²) in [7, 11) is 0. The number of rotatable bonds is 3. The van der Waals surface area contributed by atoms with Gasteiger partial charge >= 0.3 is 0 Å². The zero-order chi connectivity index (χ0) is 14.0. The molecule has 0 fully saturated rings. The van der Waals surface area contributed by atoms with Crippen molar-refractivity contribution in [1.82, 2.24) is 15.5 Å². The third-order valence-corrected chi connectivity index (χ3v) is 2.78. The van der Waals surface area contributed by atoms with E-state index in [0.29, 0.717) is 11.3 Å². The van der Waals surface area contributed by atoms with Gasteiger partial charge in [0.15, 0.2) is 5.69 Å². The van der Waals surface area contributed by atoms with Crippen molar-refractivity contribution in [2.24, 2.45) is 0 Å². The first kappa shape index (κ1) is 13.1. The summed E-state index contributed by atoms with van der Waals surface area (Å²) in [6.45, 7) is 5.52. The number of nitrogens with one attached hydrogen (secondary N) is 2. The lowest BCUT2D eigenvalue weighted by Gasteiger charge is -2.06. The summed E-state index contributed by atoms with van der Waals surface area (Å²) in [5, 5.41) is 6.26. The van der Waals surface area contributed by atoms with E-state index < -0.39 is 0 Å². The predicted octanol–water partition coefficient (Wildman–Crippen LogP) is 1.22. The topological polar surface area (TPSA) is 88.0 Å². The highest BCUT2D eigenvalue weighted by molar-refractivity contribution is 5.92. The van der Waals surface area contributed by atoms with Crippen LogP contribution in [0.3, 0.4) is 0 Å². The van der Waals surface area contributed by atoms with Gasteiger partial charge in [-0.1, -0.05) is 5.16 Å². The van der Waals surface area contributed by atoms with Gasteiger partial charge in [0.2, 0.25) is 0 Å². The van der Waals surface area contributed by atoms with Gasteiger partial charge in [-0.3, -0.25) is 9.59 Å². The molecular formula is C13H15N3O3. The van der Waals surface area contributed by atoms with E-state index in [2.05, 4.69) is 15.5 Å². The van der Waals surface area contributed by atoms with Gasteiger partial charge in [-0.05, 0) is 32.4 Å². The van der Waals surface area contributed by atoms with E-state index in [1.807, 2.05) is 19.9 Å². The highest BCUT2D eigenvalue weighted by atomic mass is 16.5. The Bertz CT molecular complexity index is 670. The van der Waals surface area contributed by atoms with Gasteiger partial charge in [0.25, 0.3) is 11.5 Å². The van der Waals surface area contributed by atoms with Gasteiger partial charge in [-0.15, -0.1) is 0 Å². The Morgan fingerprint density at radius 2 is 2.11 bits per heavy atom. The van der Waals surface area contributed by atoms with E-state index in [1.165, 1.54) is 0 Å². The van der Waals surface area contributed by atoms with Crippen LogP contribution >= 0.6 is 0 Å². The fourth-order valence-electron chi connectivity index (χ4n) is 1.83. The van der Waals surface area contributed by atoms with Gasteiger partial charge in [-0.25, -0.2) is 0 Å². The van der Waals surface area contributed by atoms with Crippen molar-refractivity contribution in [2.75, 3.05) is 0 Å². The van der Waals surface area contributed by atoms with Gasteiger partial charge < -0.3 is 14.8 Å². The maximum atomic E-state index is 11.8. The van der Waals surface area contributed by atoms with Crippen molar-refractivity contribution < 1.29 is 9.32 Å². The first-order chi connectivity index (χ1) is 8.97. The minimum Gasteiger partial charge on any atom is -0.361 e. The normalized spacial score (nSPS) is 10.5. The fourth-order valence-corrected chi connectivity index (χ4v) is 1.83. The van der Waals surface area contributed by atoms with Crippen molar-refractivity contribution >= 4 is 5.91 Å². The summed E-state index contributed by atoms with van der Waals surface area (Å²) < 4.78 is 4.82. The molecule has 2 aromatic heterocycles. The number of H-pyrrole nitrogens is 1. The molecule has 2 rings (SSSR count). The molecule has 0 atom stereocenters. The van der Waals surface area contributed by atoms with Crippen molar-refractivity contribution in [1.29, 1.82) is 0 Å². The monoisotopic (exact) mass is 261 g/mol. The summed E-state index contributed by atoms with van der Waals surface area (Å²) in [5.74, 6) is 0.200. The summed E-state index contributed by atoms with van der Waals surface area (Å²) in [6.07, 6.45) is 0. The van der Waals surface area contributed by atoms with E-state index in [9.17, 15) is 9.59 Å². The SMILES string of the molecule is Cc1cc(C)c(CNC(=O)c2cc(C)on2)c(=O)[nH]1. The lowest BCUT2D eigenvalue weighted by atomic mass is 10.1. The maximum Gasteiger partial charge on any atom is 0.273 e. The van der Waals surface area contributed by atoms with Gasteiger partial charge in [0.05, 0.1) is 0 Å². The van der Waals surface area contributed by atoms with Crippen molar-refractivity contribution in [3.63, 3.8) is 0 Å². The van der Waals surface area contributed by atoms with Crippen molar-refractivity contribution in [3.8, 4) is 0 Å². The molecular weight excluding hydrogens is 246 g/mol. The molecule has 0 saturated heterocycles. The van der Waals surface area contributed by atoms with Crippen LogP contribution in [-0.2, 0) is 6.54 Å². The molecule has 0 unspecified atom stereocenters. The highest BCUT2D eigenvalue weighted by Gasteiger charge is 2.12. The molecule has 0 aliphatic carbocycles. The molecule has 0 spiro atoms. The molecule has 2 N–H and O–H groups in total. The molecule has 0 aliphatic rings. The Hall–Kier alpha value is -2.37. The van der Waals surface area contributed by atoms with Crippen LogP contribution in [0.25, 0.3) is 0 Å². The molecule has 0 aromatic carbocycles. The minimum atomic E-state index is -0.365. The molecule has 6 heteroatoms. The second-order valence-electron chi connectivity index (χ2n) is 4.45. The van der Waals surface area contributed by atoms with E-state index in [-0.39, 0.29) is 23.7 Å². The molecule has 0 radical (unpaired) electrons. The average Bonchev–Trinajstić information content (AvgIpc) is 2.74. The summed E-state index contributed by atoms with van der Waals surface area (Å²) in [6, 6.07) is 3.41. The summed E-state index contributed by atoms with van der Waals surface area (Å²) >= 11 is 0. The smallest absolute Gasteiger partial charge is 0.273 e. The Morgan fingerprint density at radius 3 is 2.68 bits per heavy atom. The third kappa shape index (κ3) is 2.90. The molecule has 6 nitrogen and oxygen atoms in total. The van der Waals surface area contributed by atoms with Gasteiger partial charge in [0, 0.05) is 23.9 Å². The predicted molar refractivity (Wildman–Crippen MR) is 68.9 cm³/mol. The quantitative estimate of drug-likeness (QED) is 0.869. The van der Waals surface area contributed by atoms with Crippen molar-refractivity contribution in [3.05, 3.63) is 50.8 Å². The highest BCUT2D eigenvalue weighted by Crippen LogP contribution is 2.05. The number of aromatic nitrogens is 2. The lowest BCUT2D eigenvalue weighted by Crippen LogP contribution is -2.28. The van der Waals surface area contributed by atoms with Crippen LogP contribution in [0.5, 0.6) is 0 Å². The summed E-state index contributed by atoms with van der Waals surface area (Å²) in [4.78, 5) is 26.3. The fraction of sp³-hybridized carbons (Fsp3) is 0.308. The maximum absolute atomic E-state index is 11.8. The Morgan fingerprint density at radius 1 is 1.37 bits per heavy atom. The largest absolute Gasteiger partial charge is 0.361 e. The number of hydrogen-bond acceptors (Lipinski definition) is 4. The molecule has 2 heterocycles. The van der Waals surface area contributed by atoms with Gasteiger partial charge in [0.1, 0.15) is 5.76 Å². The number of aryl methyl sites for hydroxylation is 3. The standard InChI is InChI=1S/C13H15N3O3/c1-7-4-8(2)15-12(17)10(7)6-14-13(18)11-5-9(3)19-16-11/h4-5H,6H2,1-3H3,(H,14,18)(H,15,17). The number of carbonyl (C=O) groups is 1. The second-order valence-corrected chi connectivity index (χ2v) is 4.45. The molecule has 1 amide bonds. The van der Waals surface area contributed by atoms with Crippen LogP contribution in [-0.4, -0.2) is 16.0 Å². The Labute approximate surface area is 109 Å². The number of pyridine rings is 1. The van der Waals surface area contributed by atoms with Crippen LogP contribution in [0.1, 0.15) is 33.1 Å². The van der Waals surface area contributed by atoms with Crippen LogP contribution in [0.15, 0.2) is 21.5 Å². The first-order valence-electron chi connectivity index (χ1n) is 5.88. The average molecular weight is 261 g/mol. The molecule has 19 heavy (non-hydrogen) atoms. The van der Waals surface area contributed by atoms with Crippen molar-refractivity contribution in [2.45, 2.75) is 27.3 Å². The Kier molecular flexibility index (Phi) is 3.50. The van der Waals surface area contributed by atoms with Crippen LogP contribution < -0.4 is 10.9 Å².